The molecule has 0 aliphatic carbocycles. The second-order valence-corrected chi connectivity index (χ2v) is 6.46. The molecule has 0 aromatic heterocycles. The van der Waals surface area contributed by atoms with Gasteiger partial charge in [0.2, 0.25) is 11.8 Å². The van der Waals surface area contributed by atoms with Crippen LogP contribution >= 0.6 is 0 Å². The van der Waals surface area contributed by atoms with E-state index >= 15 is 0 Å². The summed E-state index contributed by atoms with van der Waals surface area (Å²) in [6.45, 7) is 5.82. The monoisotopic (exact) mass is 333 g/mol. The van der Waals surface area contributed by atoms with Crippen molar-refractivity contribution in [3.05, 3.63) is 24.3 Å². The lowest BCUT2D eigenvalue weighted by Crippen LogP contribution is -2.44. The Morgan fingerprint density at radius 3 is 2.54 bits per heavy atom. The van der Waals surface area contributed by atoms with Crippen LogP contribution in [0.2, 0.25) is 0 Å². The van der Waals surface area contributed by atoms with Crippen LogP contribution in [-0.4, -0.2) is 49.5 Å². The zero-order chi connectivity index (χ0) is 17.5. The lowest BCUT2D eigenvalue weighted by atomic mass is 9.95. The number of amides is 2. The Balaban J connectivity index is 1.81. The molecule has 0 bridgehead atoms. The van der Waals surface area contributed by atoms with Crippen molar-refractivity contribution in [1.29, 1.82) is 0 Å². The van der Waals surface area contributed by atoms with Gasteiger partial charge in [-0.3, -0.25) is 14.5 Å². The Kier molecular flexibility index (Phi) is 6.61. The number of nitrogens with zero attached hydrogens (tertiary/aromatic N) is 1. The third-order valence-electron chi connectivity index (χ3n) is 4.14. The van der Waals surface area contributed by atoms with E-state index in [0.717, 1.165) is 25.9 Å². The lowest BCUT2D eigenvalue weighted by molar-refractivity contribution is -0.123. The van der Waals surface area contributed by atoms with Gasteiger partial charge in [0.25, 0.3) is 0 Å². The molecule has 1 aromatic rings. The summed E-state index contributed by atoms with van der Waals surface area (Å²) in [7, 11) is 1.59. The van der Waals surface area contributed by atoms with Gasteiger partial charge in [-0.1, -0.05) is 12.1 Å². The average Bonchev–Trinajstić information content (AvgIpc) is 2.55. The van der Waals surface area contributed by atoms with E-state index in [-0.39, 0.29) is 23.8 Å². The minimum atomic E-state index is -0.0284. The van der Waals surface area contributed by atoms with Gasteiger partial charge in [0, 0.05) is 12.0 Å². The zero-order valence-electron chi connectivity index (χ0n) is 14.7. The number of piperidine rings is 1. The molecule has 1 aliphatic rings. The highest BCUT2D eigenvalue weighted by atomic mass is 16.5. The number of nitrogens with one attached hydrogen (secondary N) is 2. The van der Waals surface area contributed by atoms with E-state index in [1.54, 1.807) is 7.11 Å². The van der Waals surface area contributed by atoms with E-state index in [9.17, 15) is 9.59 Å². The molecule has 1 aromatic carbocycles. The van der Waals surface area contributed by atoms with Crippen LogP contribution in [0.15, 0.2) is 24.3 Å². The molecule has 0 unspecified atom stereocenters. The summed E-state index contributed by atoms with van der Waals surface area (Å²) in [6, 6.07) is 7.55. The van der Waals surface area contributed by atoms with Crippen molar-refractivity contribution in [3.63, 3.8) is 0 Å². The maximum absolute atomic E-state index is 12.4. The van der Waals surface area contributed by atoms with Crippen LogP contribution in [0.4, 0.5) is 5.69 Å². The van der Waals surface area contributed by atoms with Crippen molar-refractivity contribution >= 4 is 17.5 Å². The van der Waals surface area contributed by atoms with E-state index in [2.05, 4.69) is 15.5 Å². The highest BCUT2D eigenvalue weighted by molar-refractivity contribution is 5.94. The van der Waals surface area contributed by atoms with E-state index in [4.69, 9.17) is 4.74 Å². The third kappa shape index (κ3) is 5.23. The molecule has 2 N–H and O–H groups in total. The van der Waals surface area contributed by atoms with E-state index in [1.165, 1.54) is 0 Å². The maximum Gasteiger partial charge on any atom is 0.234 e. The minimum Gasteiger partial charge on any atom is -0.495 e. The van der Waals surface area contributed by atoms with Gasteiger partial charge in [-0.05, 0) is 51.9 Å². The van der Waals surface area contributed by atoms with Gasteiger partial charge in [-0.25, -0.2) is 0 Å². The zero-order valence-corrected chi connectivity index (χ0v) is 14.7. The first-order chi connectivity index (χ1) is 11.5. The van der Waals surface area contributed by atoms with Gasteiger partial charge < -0.3 is 15.4 Å². The molecule has 1 saturated heterocycles. The molecule has 1 heterocycles. The van der Waals surface area contributed by atoms with Crippen molar-refractivity contribution in [2.24, 2.45) is 5.92 Å². The quantitative estimate of drug-likeness (QED) is 0.834. The summed E-state index contributed by atoms with van der Waals surface area (Å²) in [5, 5.41) is 5.85. The molecule has 0 radical (unpaired) electrons. The fourth-order valence-corrected chi connectivity index (χ4v) is 2.91. The number of methoxy groups -OCH3 is 1. The van der Waals surface area contributed by atoms with Gasteiger partial charge in [0.15, 0.2) is 0 Å². The minimum absolute atomic E-state index is 0.0192. The fraction of sp³-hybridized carbons (Fsp3) is 0.556. The second kappa shape index (κ2) is 8.68. The number of para-hydroxylation sites is 2. The predicted molar refractivity (Wildman–Crippen MR) is 94.1 cm³/mol. The molecule has 1 fully saturated rings. The Bertz CT molecular complexity index is 566. The van der Waals surface area contributed by atoms with Crippen molar-refractivity contribution in [2.45, 2.75) is 32.7 Å². The summed E-state index contributed by atoms with van der Waals surface area (Å²) in [4.78, 5) is 26.4. The smallest absolute Gasteiger partial charge is 0.234 e. The normalized spacial score (nSPS) is 16.0. The van der Waals surface area contributed by atoms with Crippen molar-refractivity contribution in [3.8, 4) is 5.75 Å². The van der Waals surface area contributed by atoms with Crippen LogP contribution < -0.4 is 15.4 Å². The summed E-state index contributed by atoms with van der Waals surface area (Å²) < 4.78 is 5.26. The fourth-order valence-electron chi connectivity index (χ4n) is 2.91. The number of hydrogen-bond donors (Lipinski definition) is 2. The first-order valence-corrected chi connectivity index (χ1v) is 8.45. The largest absolute Gasteiger partial charge is 0.495 e. The van der Waals surface area contributed by atoms with Crippen molar-refractivity contribution in [2.75, 3.05) is 32.1 Å². The van der Waals surface area contributed by atoms with Gasteiger partial charge in [0.1, 0.15) is 5.75 Å². The number of likely N-dealkylation sites (tertiary alicyclic amines) is 1. The Morgan fingerprint density at radius 2 is 1.92 bits per heavy atom. The van der Waals surface area contributed by atoms with Crippen LogP contribution in [0.25, 0.3) is 0 Å². The molecule has 6 nitrogen and oxygen atoms in total. The first-order valence-electron chi connectivity index (χ1n) is 8.45. The van der Waals surface area contributed by atoms with Crippen LogP contribution in [0.1, 0.15) is 26.7 Å². The second-order valence-electron chi connectivity index (χ2n) is 6.46. The molecule has 6 heteroatoms. The molecule has 24 heavy (non-hydrogen) atoms. The average molecular weight is 333 g/mol. The first kappa shape index (κ1) is 18.3. The molecule has 0 atom stereocenters. The number of carbonyl (C=O) groups is 2. The summed E-state index contributed by atoms with van der Waals surface area (Å²) in [5.41, 5.74) is 0.698. The molecule has 1 aliphatic heterocycles. The standard InChI is InChI=1S/C18H27N3O3/c1-13(2)19-17(22)12-21-10-8-14(9-11-21)18(23)20-15-6-4-5-7-16(15)24-3/h4-7,13-14H,8-12H2,1-3H3,(H,19,22)(H,20,23). The number of hydrogen-bond acceptors (Lipinski definition) is 4. The van der Waals surface area contributed by atoms with Crippen LogP contribution in [0.5, 0.6) is 5.75 Å². The van der Waals surface area contributed by atoms with Gasteiger partial charge >= 0.3 is 0 Å². The summed E-state index contributed by atoms with van der Waals surface area (Å²) >= 11 is 0. The van der Waals surface area contributed by atoms with Gasteiger partial charge in [-0.2, -0.15) is 0 Å². The number of anilines is 1. The number of rotatable bonds is 6. The molecular formula is C18H27N3O3. The summed E-state index contributed by atoms with van der Waals surface area (Å²) in [5.74, 6) is 0.695. The molecule has 2 rings (SSSR count). The van der Waals surface area contributed by atoms with Crippen molar-refractivity contribution < 1.29 is 14.3 Å². The molecular weight excluding hydrogens is 306 g/mol. The van der Waals surface area contributed by atoms with Gasteiger partial charge in [-0.15, -0.1) is 0 Å². The number of carbonyl (C=O) groups excluding carboxylic acids is 2. The Morgan fingerprint density at radius 1 is 1.25 bits per heavy atom. The van der Waals surface area contributed by atoms with Crippen molar-refractivity contribution in [1.82, 2.24) is 10.2 Å². The van der Waals surface area contributed by atoms with E-state index in [0.29, 0.717) is 18.0 Å². The highest BCUT2D eigenvalue weighted by Crippen LogP contribution is 2.25. The SMILES string of the molecule is COc1ccccc1NC(=O)C1CCN(CC(=O)NC(C)C)CC1. The van der Waals surface area contributed by atoms with Gasteiger partial charge in [0.05, 0.1) is 19.3 Å². The number of ether oxygens (including phenoxy) is 1. The van der Waals surface area contributed by atoms with Crippen LogP contribution in [0, 0.1) is 5.92 Å². The Hall–Kier alpha value is -2.08. The van der Waals surface area contributed by atoms with Crippen LogP contribution in [-0.2, 0) is 9.59 Å². The lowest BCUT2D eigenvalue weighted by Gasteiger charge is -2.31. The number of benzene rings is 1. The summed E-state index contributed by atoms with van der Waals surface area (Å²) in [6.07, 6.45) is 1.52. The molecule has 132 valence electrons. The van der Waals surface area contributed by atoms with E-state index < -0.39 is 0 Å². The highest BCUT2D eigenvalue weighted by Gasteiger charge is 2.26. The molecule has 2 amide bonds. The molecule has 0 saturated carbocycles. The van der Waals surface area contributed by atoms with E-state index in [1.807, 2.05) is 38.1 Å². The van der Waals surface area contributed by atoms with Crippen LogP contribution in [0.3, 0.4) is 0 Å². The predicted octanol–water partition coefficient (Wildman–Crippen LogP) is 1.87. The molecule has 0 spiro atoms. The topological polar surface area (TPSA) is 70.7 Å². The maximum atomic E-state index is 12.4. The third-order valence-corrected chi connectivity index (χ3v) is 4.14. The Labute approximate surface area is 143 Å².